The molecule has 1 aromatic heterocycles. The first kappa shape index (κ1) is 9.60. The molecule has 2 aromatic carbocycles. The Hall–Kier alpha value is -1.61. The van der Waals surface area contributed by atoms with Crippen LogP contribution in [0.3, 0.4) is 0 Å². The van der Waals surface area contributed by atoms with Gasteiger partial charge in [-0.15, -0.1) is 0 Å². The summed E-state index contributed by atoms with van der Waals surface area (Å²) in [5, 5.41) is 2.36. The van der Waals surface area contributed by atoms with Crippen LogP contribution in [0.4, 0.5) is 0 Å². The number of benzene rings is 2. The van der Waals surface area contributed by atoms with Crippen LogP contribution in [0.5, 0.6) is 0 Å². The highest BCUT2D eigenvalue weighted by molar-refractivity contribution is 9.10. The fourth-order valence-corrected chi connectivity index (χ4v) is 2.42. The largest absolute Gasteiger partial charge is 0.444 e. The number of rotatable bonds is 1. The number of fused-ring (bicyclic) bond motifs is 1. The highest BCUT2D eigenvalue weighted by Gasteiger charge is 2.09. The van der Waals surface area contributed by atoms with Crippen LogP contribution in [-0.4, -0.2) is 4.98 Å². The molecule has 2 nitrogen and oxygen atoms in total. The van der Waals surface area contributed by atoms with Gasteiger partial charge in [-0.05, 0) is 32.8 Å². The standard InChI is InChI=1S/C13H8BrNO/c14-12-10-4-2-1-3-9(10)5-6-11(12)13-15-7-8-16-13/h1-8H. The zero-order valence-electron chi connectivity index (χ0n) is 8.35. The van der Waals surface area contributed by atoms with Crippen LogP contribution < -0.4 is 0 Å². The topological polar surface area (TPSA) is 26.0 Å². The summed E-state index contributed by atoms with van der Waals surface area (Å²) in [6.45, 7) is 0. The molecule has 0 N–H and O–H groups in total. The Morgan fingerprint density at radius 1 is 1.06 bits per heavy atom. The molecule has 0 saturated heterocycles. The second kappa shape index (κ2) is 3.76. The molecular formula is C13H8BrNO. The third-order valence-electron chi connectivity index (χ3n) is 2.53. The van der Waals surface area contributed by atoms with E-state index in [1.165, 1.54) is 10.8 Å². The predicted molar refractivity (Wildman–Crippen MR) is 67.1 cm³/mol. The molecule has 0 saturated carbocycles. The monoisotopic (exact) mass is 273 g/mol. The summed E-state index contributed by atoms with van der Waals surface area (Å²) in [5.41, 5.74) is 0.976. The number of halogens is 1. The van der Waals surface area contributed by atoms with E-state index in [2.05, 4.69) is 39.1 Å². The smallest absolute Gasteiger partial charge is 0.227 e. The van der Waals surface area contributed by atoms with Crippen LogP contribution in [0.15, 0.2) is 57.7 Å². The molecule has 0 amide bonds. The van der Waals surface area contributed by atoms with E-state index in [1.54, 1.807) is 12.5 Å². The Bertz CT molecular complexity index is 631. The van der Waals surface area contributed by atoms with Crippen molar-refractivity contribution in [1.82, 2.24) is 4.98 Å². The molecule has 0 radical (unpaired) electrons. The van der Waals surface area contributed by atoms with E-state index in [1.807, 2.05) is 18.2 Å². The second-order valence-corrected chi connectivity index (χ2v) is 4.28. The Labute approximate surface area is 101 Å². The Kier molecular flexibility index (Phi) is 2.26. The van der Waals surface area contributed by atoms with Gasteiger partial charge in [-0.3, -0.25) is 0 Å². The lowest BCUT2D eigenvalue weighted by atomic mass is 10.1. The van der Waals surface area contributed by atoms with Gasteiger partial charge in [0, 0.05) is 4.47 Å². The molecule has 0 aliphatic rings. The number of aromatic nitrogens is 1. The minimum absolute atomic E-state index is 0.637. The molecule has 0 aliphatic carbocycles. The summed E-state index contributed by atoms with van der Waals surface area (Å²) < 4.78 is 6.33. The molecule has 3 aromatic rings. The Morgan fingerprint density at radius 2 is 1.94 bits per heavy atom. The van der Waals surface area contributed by atoms with Gasteiger partial charge in [0.2, 0.25) is 5.89 Å². The molecular weight excluding hydrogens is 266 g/mol. The SMILES string of the molecule is Brc1c(-c2ncco2)ccc2ccccc12. The van der Waals surface area contributed by atoms with Crippen LogP contribution in [0.2, 0.25) is 0 Å². The Morgan fingerprint density at radius 3 is 2.75 bits per heavy atom. The van der Waals surface area contributed by atoms with Crippen molar-refractivity contribution in [2.45, 2.75) is 0 Å². The molecule has 78 valence electrons. The maximum Gasteiger partial charge on any atom is 0.227 e. The number of hydrogen-bond acceptors (Lipinski definition) is 2. The fourth-order valence-electron chi connectivity index (χ4n) is 1.76. The van der Waals surface area contributed by atoms with Crippen molar-refractivity contribution in [2.75, 3.05) is 0 Å². The van der Waals surface area contributed by atoms with E-state index in [-0.39, 0.29) is 0 Å². The van der Waals surface area contributed by atoms with Gasteiger partial charge in [-0.2, -0.15) is 0 Å². The van der Waals surface area contributed by atoms with Crippen molar-refractivity contribution in [3.05, 3.63) is 53.3 Å². The lowest BCUT2D eigenvalue weighted by Gasteiger charge is -2.04. The average molecular weight is 274 g/mol. The molecule has 3 rings (SSSR count). The lowest BCUT2D eigenvalue weighted by molar-refractivity contribution is 0.574. The van der Waals surface area contributed by atoms with Crippen molar-refractivity contribution in [1.29, 1.82) is 0 Å². The summed E-state index contributed by atoms with van der Waals surface area (Å²) in [6, 6.07) is 12.3. The number of oxazole rings is 1. The normalized spacial score (nSPS) is 10.8. The predicted octanol–water partition coefficient (Wildman–Crippen LogP) is 4.26. The molecule has 0 bridgehead atoms. The zero-order valence-corrected chi connectivity index (χ0v) is 9.94. The van der Waals surface area contributed by atoms with E-state index < -0.39 is 0 Å². The van der Waals surface area contributed by atoms with Crippen LogP contribution in [0.25, 0.3) is 22.2 Å². The van der Waals surface area contributed by atoms with Gasteiger partial charge in [0.1, 0.15) is 6.26 Å². The minimum atomic E-state index is 0.637. The van der Waals surface area contributed by atoms with Crippen LogP contribution in [-0.2, 0) is 0 Å². The molecule has 0 spiro atoms. The summed E-state index contributed by atoms with van der Waals surface area (Å²) >= 11 is 3.60. The van der Waals surface area contributed by atoms with Gasteiger partial charge in [-0.25, -0.2) is 4.98 Å². The van der Waals surface area contributed by atoms with E-state index >= 15 is 0 Å². The fraction of sp³-hybridized carbons (Fsp3) is 0. The van der Waals surface area contributed by atoms with E-state index in [0.29, 0.717) is 5.89 Å². The van der Waals surface area contributed by atoms with Gasteiger partial charge in [0.05, 0.1) is 11.8 Å². The highest BCUT2D eigenvalue weighted by Crippen LogP contribution is 2.33. The summed E-state index contributed by atoms with van der Waals surface area (Å²) in [6.07, 6.45) is 3.23. The average Bonchev–Trinajstić information content (AvgIpc) is 2.83. The highest BCUT2D eigenvalue weighted by atomic mass is 79.9. The van der Waals surface area contributed by atoms with Gasteiger partial charge >= 0.3 is 0 Å². The van der Waals surface area contributed by atoms with Crippen LogP contribution in [0.1, 0.15) is 0 Å². The lowest BCUT2D eigenvalue weighted by Crippen LogP contribution is -1.82. The first-order valence-electron chi connectivity index (χ1n) is 4.93. The van der Waals surface area contributed by atoms with E-state index in [9.17, 15) is 0 Å². The quantitative estimate of drug-likeness (QED) is 0.662. The third kappa shape index (κ3) is 1.44. The van der Waals surface area contributed by atoms with Crippen LogP contribution >= 0.6 is 15.9 Å². The van der Waals surface area contributed by atoms with Crippen molar-refractivity contribution >= 4 is 26.7 Å². The van der Waals surface area contributed by atoms with Crippen molar-refractivity contribution in [2.24, 2.45) is 0 Å². The van der Waals surface area contributed by atoms with Gasteiger partial charge in [0.15, 0.2) is 0 Å². The molecule has 1 heterocycles. The summed E-state index contributed by atoms with van der Waals surface area (Å²) in [5.74, 6) is 0.637. The summed E-state index contributed by atoms with van der Waals surface area (Å²) in [4.78, 5) is 4.16. The van der Waals surface area contributed by atoms with Crippen molar-refractivity contribution < 1.29 is 4.42 Å². The van der Waals surface area contributed by atoms with Gasteiger partial charge in [-0.1, -0.05) is 30.3 Å². The van der Waals surface area contributed by atoms with Gasteiger partial charge < -0.3 is 4.42 Å². The van der Waals surface area contributed by atoms with E-state index in [4.69, 9.17) is 4.42 Å². The number of nitrogens with zero attached hydrogens (tertiary/aromatic N) is 1. The van der Waals surface area contributed by atoms with Crippen molar-refractivity contribution in [3.8, 4) is 11.5 Å². The zero-order chi connectivity index (χ0) is 11.0. The van der Waals surface area contributed by atoms with Crippen LogP contribution in [0, 0.1) is 0 Å². The molecule has 0 atom stereocenters. The molecule has 0 unspecified atom stereocenters. The molecule has 0 aliphatic heterocycles. The molecule has 16 heavy (non-hydrogen) atoms. The minimum Gasteiger partial charge on any atom is -0.444 e. The maximum absolute atomic E-state index is 5.31. The Balaban J connectivity index is 2.32. The first-order valence-corrected chi connectivity index (χ1v) is 5.72. The molecule has 3 heteroatoms. The number of hydrogen-bond donors (Lipinski definition) is 0. The molecule has 0 fully saturated rings. The second-order valence-electron chi connectivity index (χ2n) is 3.49. The van der Waals surface area contributed by atoms with E-state index in [0.717, 1.165) is 10.0 Å². The van der Waals surface area contributed by atoms with Crippen molar-refractivity contribution in [3.63, 3.8) is 0 Å². The first-order chi connectivity index (χ1) is 7.86. The third-order valence-corrected chi connectivity index (χ3v) is 3.38. The maximum atomic E-state index is 5.31. The van der Waals surface area contributed by atoms with Gasteiger partial charge in [0.25, 0.3) is 0 Å². The summed E-state index contributed by atoms with van der Waals surface area (Å²) in [7, 11) is 0.